The number of carbonyl (C=O) groups is 2. The Morgan fingerprint density at radius 2 is 1.93 bits per heavy atom. The minimum Gasteiger partial charge on any atom is -0.497 e. The van der Waals surface area contributed by atoms with Crippen molar-refractivity contribution in [3.05, 3.63) is 52.6 Å². The fourth-order valence-corrected chi connectivity index (χ4v) is 3.72. The van der Waals surface area contributed by atoms with Gasteiger partial charge in [-0.1, -0.05) is 26.0 Å². The van der Waals surface area contributed by atoms with Gasteiger partial charge in [0.25, 0.3) is 0 Å². The number of methoxy groups -OCH3 is 1. The third kappa shape index (κ3) is 3.56. The van der Waals surface area contributed by atoms with Gasteiger partial charge in [-0.3, -0.25) is 4.79 Å². The summed E-state index contributed by atoms with van der Waals surface area (Å²) in [7, 11) is 1.58. The van der Waals surface area contributed by atoms with Crippen molar-refractivity contribution < 1.29 is 23.8 Å². The van der Waals surface area contributed by atoms with E-state index >= 15 is 0 Å². The lowest BCUT2D eigenvalue weighted by Gasteiger charge is -2.37. The molecular weight excluding hydrogens is 346 g/mol. The zero-order valence-electron chi connectivity index (χ0n) is 16.1. The van der Waals surface area contributed by atoms with Gasteiger partial charge < -0.3 is 19.9 Å². The molecule has 1 unspecified atom stereocenters. The summed E-state index contributed by atoms with van der Waals surface area (Å²) in [6.45, 7) is 5.96. The molecule has 27 heavy (non-hydrogen) atoms. The van der Waals surface area contributed by atoms with Crippen molar-refractivity contribution in [2.75, 3.05) is 13.7 Å². The van der Waals surface area contributed by atoms with E-state index in [4.69, 9.17) is 19.9 Å². The van der Waals surface area contributed by atoms with Gasteiger partial charge in [0, 0.05) is 18.4 Å². The van der Waals surface area contributed by atoms with Crippen LogP contribution in [0.1, 0.15) is 45.1 Å². The molecule has 6 heteroatoms. The first-order valence-electron chi connectivity index (χ1n) is 9.02. The van der Waals surface area contributed by atoms with E-state index in [9.17, 15) is 9.59 Å². The molecule has 0 radical (unpaired) electrons. The van der Waals surface area contributed by atoms with E-state index in [0.29, 0.717) is 29.9 Å². The van der Waals surface area contributed by atoms with Crippen LogP contribution >= 0.6 is 0 Å². The Bertz CT molecular complexity index is 833. The Morgan fingerprint density at radius 3 is 2.52 bits per heavy atom. The summed E-state index contributed by atoms with van der Waals surface area (Å²) >= 11 is 0. The molecule has 0 bridgehead atoms. The third-order valence-electron chi connectivity index (χ3n) is 4.90. The predicted molar refractivity (Wildman–Crippen MR) is 99.7 cm³/mol. The number of hydrogen-bond donors (Lipinski definition) is 1. The molecule has 0 fully saturated rings. The second-order valence-electron chi connectivity index (χ2n) is 7.58. The van der Waals surface area contributed by atoms with Crippen molar-refractivity contribution in [1.29, 1.82) is 0 Å². The molecule has 2 N–H and O–H groups in total. The fourth-order valence-electron chi connectivity index (χ4n) is 3.72. The van der Waals surface area contributed by atoms with E-state index in [-0.39, 0.29) is 29.3 Å². The molecule has 0 saturated heterocycles. The number of nitrogens with two attached hydrogens (primary N) is 1. The Morgan fingerprint density at radius 1 is 1.26 bits per heavy atom. The summed E-state index contributed by atoms with van der Waals surface area (Å²) < 4.78 is 16.2. The van der Waals surface area contributed by atoms with Crippen LogP contribution in [0, 0.1) is 5.41 Å². The summed E-state index contributed by atoms with van der Waals surface area (Å²) in [5.41, 5.74) is 7.34. The number of rotatable bonds is 4. The van der Waals surface area contributed by atoms with Gasteiger partial charge in [-0.25, -0.2) is 4.79 Å². The molecule has 0 saturated carbocycles. The Labute approximate surface area is 159 Å². The highest BCUT2D eigenvalue weighted by Crippen LogP contribution is 2.48. The number of carbonyl (C=O) groups excluding carboxylic acids is 2. The smallest absolute Gasteiger partial charge is 0.340 e. The normalized spacial score (nSPS) is 21.5. The Hall–Kier alpha value is -2.76. The summed E-state index contributed by atoms with van der Waals surface area (Å²) in [6.07, 6.45) is 0.968. The van der Waals surface area contributed by atoms with Gasteiger partial charge in [-0.2, -0.15) is 0 Å². The lowest BCUT2D eigenvalue weighted by atomic mass is 9.70. The van der Waals surface area contributed by atoms with Crippen LogP contribution in [0.5, 0.6) is 5.75 Å². The molecule has 0 spiro atoms. The van der Waals surface area contributed by atoms with Crippen molar-refractivity contribution in [3.8, 4) is 5.75 Å². The SMILES string of the molecule is CCOC(=O)C1=C(N)OC2=C(C(=O)CC(C)(C)C2)C1c1ccc(OC)cc1. The van der Waals surface area contributed by atoms with Crippen LogP contribution < -0.4 is 10.5 Å². The van der Waals surface area contributed by atoms with Crippen molar-refractivity contribution >= 4 is 11.8 Å². The maximum atomic E-state index is 13.0. The number of allylic oxidation sites excluding steroid dienone is 2. The summed E-state index contributed by atoms with van der Waals surface area (Å²) in [6, 6.07) is 7.25. The Balaban J connectivity index is 2.15. The molecule has 1 aliphatic carbocycles. The first-order chi connectivity index (χ1) is 12.8. The molecule has 0 aromatic heterocycles. The van der Waals surface area contributed by atoms with E-state index in [1.807, 2.05) is 26.0 Å². The number of esters is 1. The molecule has 144 valence electrons. The average Bonchev–Trinajstić information content (AvgIpc) is 2.59. The molecule has 1 heterocycles. The van der Waals surface area contributed by atoms with Gasteiger partial charge in [0.15, 0.2) is 5.78 Å². The highest BCUT2D eigenvalue weighted by molar-refractivity contribution is 6.03. The third-order valence-corrected chi connectivity index (χ3v) is 4.90. The zero-order chi connectivity index (χ0) is 19.8. The minimum absolute atomic E-state index is 0.00137. The highest BCUT2D eigenvalue weighted by atomic mass is 16.5. The van der Waals surface area contributed by atoms with Crippen molar-refractivity contribution in [2.24, 2.45) is 11.1 Å². The van der Waals surface area contributed by atoms with Gasteiger partial charge in [0.2, 0.25) is 5.88 Å². The fraction of sp³-hybridized carbons (Fsp3) is 0.429. The van der Waals surface area contributed by atoms with Gasteiger partial charge in [-0.05, 0) is 30.0 Å². The topological polar surface area (TPSA) is 87.9 Å². The van der Waals surface area contributed by atoms with Crippen LogP contribution in [-0.2, 0) is 19.1 Å². The van der Waals surface area contributed by atoms with Crippen LogP contribution in [0.25, 0.3) is 0 Å². The first-order valence-corrected chi connectivity index (χ1v) is 9.02. The molecule has 3 rings (SSSR count). The lowest BCUT2D eigenvalue weighted by Crippen LogP contribution is -2.35. The monoisotopic (exact) mass is 371 g/mol. The summed E-state index contributed by atoms with van der Waals surface area (Å²) in [4.78, 5) is 25.6. The van der Waals surface area contributed by atoms with E-state index in [0.717, 1.165) is 5.56 Å². The molecule has 1 aliphatic heterocycles. The van der Waals surface area contributed by atoms with Crippen molar-refractivity contribution in [2.45, 2.75) is 39.5 Å². The lowest BCUT2D eigenvalue weighted by molar-refractivity contribution is -0.139. The number of hydrogen-bond acceptors (Lipinski definition) is 6. The summed E-state index contributed by atoms with van der Waals surface area (Å²) in [5.74, 6) is 0.0190. The first kappa shape index (κ1) is 19.0. The predicted octanol–water partition coefficient (Wildman–Crippen LogP) is 3.19. The number of ketones is 1. The van der Waals surface area contributed by atoms with E-state index in [1.165, 1.54) is 0 Å². The molecule has 1 aromatic carbocycles. The molecule has 2 aliphatic rings. The van der Waals surface area contributed by atoms with Crippen LogP contribution in [0.4, 0.5) is 0 Å². The minimum atomic E-state index is -0.609. The standard InChI is InChI=1S/C21H25NO5/c1-5-26-20(24)18-16(12-6-8-13(25-4)9-7-12)17-14(23)10-21(2,3)11-15(17)27-19(18)22/h6-9,16H,5,10-11,22H2,1-4H3. The maximum absolute atomic E-state index is 13.0. The van der Waals surface area contributed by atoms with Crippen LogP contribution in [0.15, 0.2) is 47.1 Å². The van der Waals surface area contributed by atoms with Gasteiger partial charge >= 0.3 is 5.97 Å². The number of benzene rings is 1. The quantitative estimate of drug-likeness (QED) is 0.818. The van der Waals surface area contributed by atoms with E-state index < -0.39 is 11.9 Å². The number of Topliss-reactive ketones (excluding diaryl/α,β-unsaturated/α-hetero) is 1. The Kier molecular flexibility index (Phi) is 5.00. The van der Waals surface area contributed by atoms with Crippen LogP contribution in [0.3, 0.4) is 0 Å². The molecule has 0 amide bonds. The largest absolute Gasteiger partial charge is 0.497 e. The van der Waals surface area contributed by atoms with E-state index in [2.05, 4.69) is 0 Å². The van der Waals surface area contributed by atoms with Gasteiger partial charge in [0.1, 0.15) is 17.1 Å². The molecular formula is C21H25NO5. The average molecular weight is 371 g/mol. The maximum Gasteiger partial charge on any atom is 0.340 e. The van der Waals surface area contributed by atoms with Gasteiger partial charge in [-0.15, -0.1) is 0 Å². The van der Waals surface area contributed by atoms with Crippen LogP contribution in [0.2, 0.25) is 0 Å². The highest BCUT2D eigenvalue weighted by Gasteiger charge is 2.44. The van der Waals surface area contributed by atoms with Gasteiger partial charge in [0.05, 0.1) is 19.6 Å². The second kappa shape index (κ2) is 7.10. The second-order valence-corrected chi connectivity index (χ2v) is 7.58. The van der Waals surface area contributed by atoms with Crippen molar-refractivity contribution in [1.82, 2.24) is 0 Å². The van der Waals surface area contributed by atoms with Crippen LogP contribution in [-0.4, -0.2) is 25.5 Å². The molecule has 6 nitrogen and oxygen atoms in total. The number of ether oxygens (including phenoxy) is 3. The van der Waals surface area contributed by atoms with Crippen molar-refractivity contribution in [3.63, 3.8) is 0 Å². The van der Waals surface area contributed by atoms with E-state index in [1.54, 1.807) is 26.2 Å². The summed E-state index contributed by atoms with van der Waals surface area (Å²) in [5, 5.41) is 0. The molecule has 1 atom stereocenters. The molecule has 1 aromatic rings. The zero-order valence-corrected chi connectivity index (χ0v) is 16.1.